The number of nitrogens with one attached hydrogen (secondary N) is 2. The lowest BCUT2D eigenvalue weighted by molar-refractivity contribution is 0.0600. The fourth-order valence-corrected chi connectivity index (χ4v) is 2.68. The molecule has 0 aliphatic carbocycles. The van der Waals surface area contributed by atoms with Gasteiger partial charge in [0.1, 0.15) is 0 Å². The number of esters is 1. The highest BCUT2D eigenvalue weighted by molar-refractivity contribution is 6.04. The van der Waals surface area contributed by atoms with Crippen LogP contribution in [0.3, 0.4) is 0 Å². The van der Waals surface area contributed by atoms with Crippen molar-refractivity contribution >= 4 is 29.2 Å². The maximum atomic E-state index is 12.4. The summed E-state index contributed by atoms with van der Waals surface area (Å²) >= 11 is 0. The Morgan fingerprint density at radius 1 is 0.929 bits per heavy atom. The van der Waals surface area contributed by atoms with Crippen molar-refractivity contribution < 1.29 is 14.3 Å². The molecule has 1 heterocycles. The molecule has 2 N–H and O–H groups in total. The summed E-state index contributed by atoms with van der Waals surface area (Å²) in [4.78, 5) is 32.5. The second-order valence-corrected chi connectivity index (χ2v) is 6.21. The maximum absolute atomic E-state index is 12.4. The fourth-order valence-electron chi connectivity index (χ4n) is 2.68. The van der Waals surface area contributed by atoms with E-state index in [2.05, 4.69) is 25.3 Å². The number of amides is 1. The summed E-state index contributed by atoms with van der Waals surface area (Å²) in [5, 5.41) is 5.90. The molecule has 0 saturated carbocycles. The first-order chi connectivity index (χ1) is 13.5. The Hall–Kier alpha value is -3.74. The van der Waals surface area contributed by atoms with Crippen LogP contribution in [0.25, 0.3) is 0 Å². The highest BCUT2D eigenvalue weighted by Gasteiger charge is 2.11. The predicted molar refractivity (Wildman–Crippen MR) is 107 cm³/mol. The van der Waals surface area contributed by atoms with Crippen LogP contribution in [0.15, 0.2) is 54.9 Å². The van der Waals surface area contributed by atoms with Crippen LogP contribution in [0.5, 0.6) is 0 Å². The van der Waals surface area contributed by atoms with E-state index in [1.165, 1.54) is 19.5 Å². The van der Waals surface area contributed by atoms with Gasteiger partial charge >= 0.3 is 5.97 Å². The average molecular weight is 376 g/mol. The van der Waals surface area contributed by atoms with Gasteiger partial charge in [-0.25, -0.2) is 14.8 Å². The van der Waals surface area contributed by atoms with E-state index in [1.807, 2.05) is 32.0 Å². The van der Waals surface area contributed by atoms with E-state index >= 15 is 0 Å². The molecule has 7 nitrogen and oxygen atoms in total. The minimum absolute atomic E-state index is 0.301. The molecule has 0 fully saturated rings. The second-order valence-electron chi connectivity index (χ2n) is 6.21. The van der Waals surface area contributed by atoms with E-state index in [9.17, 15) is 9.59 Å². The van der Waals surface area contributed by atoms with Gasteiger partial charge in [0.2, 0.25) is 5.95 Å². The third-order valence-corrected chi connectivity index (χ3v) is 4.17. The van der Waals surface area contributed by atoms with E-state index in [4.69, 9.17) is 0 Å². The molecule has 1 amide bonds. The number of hydrogen-bond donors (Lipinski definition) is 2. The molecule has 7 heteroatoms. The lowest BCUT2D eigenvalue weighted by Crippen LogP contribution is -2.14. The Kier molecular flexibility index (Phi) is 5.64. The number of hydrogen-bond acceptors (Lipinski definition) is 6. The van der Waals surface area contributed by atoms with Crippen molar-refractivity contribution in [1.82, 2.24) is 9.97 Å². The number of carbonyl (C=O) groups is 2. The van der Waals surface area contributed by atoms with Crippen LogP contribution in [-0.2, 0) is 4.74 Å². The summed E-state index contributed by atoms with van der Waals surface area (Å²) in [5.74, 6) is -0.441. The molecule has 3 aromatic rings. The maximum Gasteiger partial charge on any atom is 0.337 e. The number of aryl methyl sites for hydroxylation is 2. The summed E-state index contributed by atoms with van der Waals surface area (Å²) in [5.41, 5.74) is 4.23. The molecule has 2 aromatic carbocycles. The Morgan fingerprint density at radius 3 is 2.21 bits per heavy atom. The number of nitrogens with zero attached hydrogens (tertiary/aromatic N) is 2. The van der Waals surface area contributed by atoms with Gasteiger partial charge in [0.25, 0.3) is 5.91 Å². The predicted octanol–water partition coefficient (Wildman–Crippen LogP) is 3.88. The Labute approximate surface area is 162 Å². The van der Waals surface area contributed by atoms with Crippen molar-refractivity contribution in [2.45, 2.75) is 13.8 Å². The standard InChI is InChI=1S/C21H20N4O3/c1-13-6-4-7-14(2)18(13)25-21-22-11-16(12-23-21)19(26)24-17-9-5-8-15(10-17)20(27)28-3/h4-12H,1-3H3,(H,24,26)(H,22,23,25). The number of aromatic nitrogens is 2. The van der Waals surface area contributed by atoms with E-state index < -0.39 is 5.97 Å². The average Bonchev–Trinajstić information content (AvgIpc) is 2.71. The number of ether oxygens (including phenoxy) is 1. The lowest BCUT2D eigenvalue weighted by atomic mass is 10.1. The molecular formula is C21H20N4O3. The number of para-hydroxylation sites is 1. The van der Waals surface area contributed by atoms with Gasteiger partial charge in [-0.3, -0.25) is 4.79 Å². The lowest BCUT2D eigenvalue weighted by Gasteiger charge is -2.11. The zero-order valence-corrected chi connectivity index (χ0v) is 15.8. The first kappa shape index (κ1) is 19.0. The van der Waals surface area contributed by atoms with Crippen LogP contribution in [0, 0.1) is 13.8 Å². The number of benzene rings is 2. The molecule has 0 radical (unpaired) electrons. The van der Waals surface area contributed by atoms with Crippen molar-refractivity contribution in [2.24, 2.45) is 0 Å². The smallest absolute Gasteiger partial charge is 0.337 e. The molecule has 0 spiro atoms. The summed E-state index contributed by atoms with van der Waals surface area (Å²) < 4.78 is 4.68. The first-order valence-electron chi connectivity index (χ1n) is 8.63. The van der Waals surface area contributed by atoms with Crippen molar-refractivity contribution in [3.05, 3.63) is 77.1 Å². The minimum Gasteiger partial charge on any atom is -0.465 e. The quantitative estimate of drug-likeness (QED) is 0.657. The first-order valence-corrected chi connectivity index (χ1v) is 8.63. The molecule has 0 bridgehead atoms. The number of methoxy groups -OCH3 is 1. The summed E-state index contributed by atoms with van der Waals surface area (Å²) in [6.07, 6.45) is 2.89. The summed E-state index contributed by atoms with van der Waals surface area (Å²) in [6, 6.07) is 12.5. The van der Waals surface area contributed by atoms with Gasteiger partial charge in [0.15, 0.2) is 0 Å². The molecule has 28 heavy (non-hydrogen) atoms. The molecule has 3 rings (SSSR count). The highest BCUT2D eigenvalue weighted by atomic mass is 16.5. The molecule has 0 saturated heterocycles. The van der Waals surface area contributed by atoms with E-state index in [1.54, 1.807) is 24.3 Å². The van der Waals surface area contributed by atoms with Crippen molar-refractivity contribution in [3.63, 3.8) is 0 Å². The normalized spacial score (nSPS) is 10.2. The van der Waals surface area contributed by atoms with Crippen LogP contribution in [0.2, 0.25) is 0 Å². The molecule has 0 unspecified atom stereocenters. The Bertz CT molecular complexity index is 996. The van der Waals surface area contributed by atoms with Gasteiger partial charge in [-0.2, -0.15) is 0 Å². The van der Waals surface area contributed by atoms with E-state index in [0.29, 0.717) is 22.8 Å². The molecule has 142 valence electrons. The zero-order chi connectivity index (χ0) is 20.1. The molecule has 0 aliphatic rings. The van der Waals surface area contributed by atoms with Gasteiger partial charge in [0.05, 0.1) is 18.2 Å². The van der Waals surface area contributed by atoms with Crippen molar-refractivity contribution in [2.75, 3.05) is 17.7 Å². The van der Waals surface area contributed by atoms with Gasteiger partial charge in [-0.15, -0.1) is 0 Å². The zero-order valence-electron chi connectivity index (χ0n) is 15.8. The van der Waals surface area contributed by atoms with Gasteiger partial charge in [-0.05, 0) is 43.2 Å². The molecule has 0 atom stereocenters. The van der Waals surface area contributed by atoms with Crippen LogP contribution >= 0.6 is 0 Å². The second kappa shape index (κ2) is 8.30. The minimum atomic E-state index is -0.471. The number of carbonyl (C=O) groups excluding carboxylic acids is 2. The SMILES string of the molecule is COC(=O)c1cccc(NC(=O)c2cnc(Nc3c(C)cccc3C)nc2)c1. The fraction of sp³-hybridized carbons (Fsp3) is 0.143. The van der Waals surface area contributed by atoms with Crippen LogP contribution in [0.4, 0.5) is 17.3 Å². The summed E-state index contributed by atoms with van der Waals surface area (Å²) in [7, 11) is 1.30. The Balaban J connectivity index is 1.71. The Morgan fingerprint density at radius 2 is 1.57 bits per heavy atom. The van der Waals surface area contributed by atoms with Crippen molar-refractivity contribution in [1.29, 1.82) is 0 Å². The molecule has 1 aromatic heterocycles. The van der Waals surface area contributed by atoms with Crippen molar-refractivity contribution in [3.8, 4) is 0 Å². The molecular weight excluding hydrogens is 356 g/mol. The third-order valence-electron chi connectivity index (χ3n) is 4.17. The van der Waals surface area contributed by atoms with Gasteiger partial charge in [0, 0.05) is 23.8 Å². The van der Waals surface area contributed by atoms with Gasteiger partial charge in [-0.1, -0.05) is 24.3 Å². The number of rotatable bonds is 5. The molecule has 0 aliphatic heterocycles. The van der Waals surface area contributed by atoms with Crippen LogP contribution in [-0.4, -0.2) is 29.0 Å². The third kappa shape index (κ3) is 4.32. The van der Waals surface area contributed by atoms with Crippen LogP contribution < -0.4 is 10.6 Å². The van der Waals surface area contributed by atoms with E-state index in [0.717, 1.165) is 16.8 Å². The monoisotopic (exact) mass is 376 g/mol. The van der Waals surface area contributed by atoms with Gasteiger partial charge < -0.3 is 15.4 Å². The topological polar surface area (TPSA) is 93.2 Å². The largest absolute Gasteiger partial charge is 0.465 e. The number of anilines is 3. The van der Waals surface area contributed by atoms with E-state index in [-0.39, 0.29) is 5.91 Å². The summed E-state index contributed by atoms with van der Waals surface area (Å²) in [6.45, 7) is 4.00. The van der Waals surface area contributed by atoms with Crippen LogP contribution in [0.1, 0.15) is 31.8 Å². The highest BCUT2D eigenvalue weighted by Crippen LogP contribution is 2.22.